The molecule has 1 aromatic carbocycles. The third kappa shape index (κ3) is 3.57. The Bertz CT molecular complexity index is 376. The Balaban J connectivity index is 2.03. The van der Waals surface area contributed by atoms with Crippen LogP contribution in [0.1, 0.15) is 35.2 Å². The number of aryl methyl sites for hydroxylation is 1. The van der Waals surface area contributed by atoms with Gasteiger partial charge in [0.15, 0.2) is 0 Å². The highest BCUT2D eigenvalue weighted by Gasteiger charge is 2.15. The molecule has 1 N–H and O–H groups in total. The summed E-state index contributed by atoms with van der Waals surface area (Å²) in [6.45, 7) is 5.87. The Morgan fingerprint density at radius 2 is 1.72 bits per heavy atom. The van der Waals surface area contributed by atoms with Crippen LogP contribution in [0, 0.1) is 6.92 Å². The van der Waals surface area contributed by atoms with Crippen LogP contribution in [0.3, 0.4) is 0 Å². The summed E-state index contributed by atoms with van der Waals surface area (Å²) in [4.78, 5) is 14.4. The van der Waals surface area contributed by atoms with Gasteiger partial charge in [-0.1, -0.05) is 17.7 Å². The van der Waals surface area contributed by atoms with Crippen molar-refractivity contribution in [3.05, 3.63) is 35.4 Å². The van der Waals surface area contributed by atoms with Crippen molar-refractivity contribution < 1.29 is 4.79 Å². The zero-order valence-corrected chi connectivity index (χ0v) is 11.1. The van der Waals surface area contributed by atoms with E-state index in [2.05, 4.69) is 5.32 Å². The molecule has 1 aliphatic rings. The van der Waals surface area contributed by atoms with Crippen LogP contribution in [0.25, 0.3) is 0 Å². The Morgan fingerprint density at radius 3 is 2.50 bits per heavy atom. The third-order valence-corrected chi connectivity index (χ3v) is 3.40. The summed E-state index contributed by atoms with van der Waals surface area (Å²) in [5.41, 5.74) is 2.01. The van der Waals surface area contributed by atoms with Crippen LogP contribution in [-0.4, -0.2) is 37.0 Å². The minimum atomic E-state index is 0.178. The van der Waals surface area contributed by atoms with Gasteiger partial charge in [0, 0.05) is 18.7 Å². The molecular formula is C15H22N2O. The van der Waals surface area contributed by atoms with Crippen LogP contribution in [0.2, 0.25) is 0 Å². The molecule has 1 fully saturated rings. The fourth-order valence-electron chi connectivity index (χ4n) is 2.27. The molecule has 0 spiro atoms. The largest absolute Gasteiger partial charge is 0.339 e. The average Bonchev–Trinajstić information content (AvgIpc) is 2.52. The number of amides is 1. The van der Waals surface area contributed by atoms with E-state index in [1.54, 1.807) is 0 Å². The summed E-state index contributed by atoms with van der Waals surface area (Å²) in [6, 6.07) is 7.88. The summed E-state index contributed by atoms with van der Waals surface area (Å²) in [6.07, 6.45) is 3.28. The number of benzene rings is 1. The molecule has 0 saturated carbocycles. The van der Waals surface area contributed by atoms with Crippen LogP contribution in [-0.2, 0) is 0 Å². The van der Waals surface area contributed by atoms with Gasteiger partial charge >= 0.3 is 0 Å². The van der Waals surface area contributed by atoms with Gasteiger partial charge in [0.05, 0.1) is 0 Å². The summed E-state index contributed by atoms with van der Waals surface area (Å²) in [5.74, 6) is 0.178. The normalized spacial score (nSPS) is 17.7. The van der Waals surface area contributed by atoms with E-state index >= 15 is 0 Å². The lowest BCUT2D eigenvalue weighted by Crippen LogP contribution is -2.33. The highest BCUT2D eigenvalue weighted by molar-refractivity contribution is 5.94. The first-order valence-electron chi connectivity index (χ1n) is 6.84. The van der Waals surface area contributed by atoms with Gasteiger partial charge in [0.2, 0.25) is 0 Å². The molecule has 98 valence electrons. The summed E-state index contributed by atoms with van der Waals surface area (Å²) in [5, 5.41) is 3.40. The number of carbonyl (C=O) groups is 1. The van der Waals surface area contributed by atoms with Gasteiger partial charge in [-0.3, -0.25) is 4.79 Å². The van der Waals surface area contributed by atoms with Crippen LogP contribution >= 0.6 is 0 Å². The molecule has 1 aromatic rings. The summed E-state index contributed by atoms with van der Waals surface area (Å²) < 4.78 is 0. The SMILES string of the molecule is Cc1ccc(C(=O)N2CCCCNCCC2)cc1. The van der Waals surface area contributed by atoms with Crippen LogP contribution in [0.5, 0.6) is 0 Å². The van der Waals surface area contributed by atoms with Crippen molar-refractivity contribution in [2.75, 3.05) is 26.2 Å². The Labute approximate surface area is 109 Å². The van der Waals surface area contributed by atoms with E-state index in [9.17, 15) is 4.79 Å². The zero-order valence-electron chi connectivity index (χ0n) is 11.1. The quantitative estimate of drug-likeness (QED) is 0.824. The number of nitrogens with one attached hydrogen (secondary N) is 1. The van der Waals surface area contributed by atoms with Crippen molar-refractivity contribution in [2.45, 2.75) is 26.2 Å². The molecule has 1 heterocycles. The molecular weight excluding hydrogens is 224 g/mol. The zero-order chi connectivity index (χ0) is 12.8. The van der Waals surface area contributed by atoms with Crippen molar-refractivity contribution in [1.29, 1.82) is 0 Å². The molecule has 2 rings (SSSR count). The van der Waals surface area contributed by atoms with Crippen molar-refractivity contribution in [2.24, 2.45) is 0 Å². The fraction of sp³-hybridized carbons (Fsp3) is 0.533. The smallest absolute Gasteiger partial charge is 0.253 e. The predicted molar refractivity (Wildman–Crippen MR) is 73.8 cm³/mol. The second-order valence-electron chi connectivity index (χ2n) is 4.97. The molecule has 1 saturated heterocycles. The van der Waals surface area contributed by atoms with Crippen LogP contribution in [0.4, 0.5) is 0 Å². The monoisotopic (exact) mass is 246 g/mol. The van der Waals surface area contributed by atoms with Crippen molar-refractivity contribution in [1.82, 2.24) is 10.2 Å². The Morgan fingerprint density at radius 1 is 1.06 bits per heavy atom. The number of nitrogens with zero attached hydrogens (tertiary/aromatic N) is 1. The first-order valence-corrected chi connectivity index (χ1v) is 6.84. The lowest BCUT2D eigenvalue weighted by molar-refractivity contribution is 0.0754. The van der Waals surface area contributed by atoms with Gasteiger partial charge in [0.1, 0.15) is 0 Å². The van der Waals surface area contributed by atoms with Gasteiger partial charge in [-0.05, 0) is 51.4 Å². The van der Waals surface area contributed by atoms with E-state index in [1.807, 2.05) is 36.1 Å². The maximum Gasteiger partial charge on any atom is 0.253 e. The predicted octanol–water partition coefficient (Wildman–Crippen LogP) is 2.21. The Hall–Kier alpha value is -1.35. The molecule has 18 heavy (non-hydrogen) atoms. The van der Waals surface area contributed by atoms with E-state index in [0.717, 1.165) is 51.0 Å². The molecule has 0 aliphatic carbocycles. The minimum absolute atomic E-state index is 0.178. The highest BCUT2D eigenvalue weighted by Crippen LogP contribution is 2.09. The molecule has 0 atom stereocenters. The lowest BCUT2D eigenvalue weighted by atomic mass is 10.1. The van der Waals surface area contributed by atoms with E-state index in [4.69, 9.17) is 0 Å². The first-order chi connectivity index (χ1) is 8.77. The van der Waals surface area contributed by atoms with E-state index in [0.29, 0.717) is 0 Å². The van der Waals surface area contributed by atoms with Gasteiger partial charge < -0.3 is 10.2 Å². The van der Waals surface area contributed by atoms with E-state index < -0.39 is 0 Å². The minimum Gasteiger partial charge on any atom is -0.339 e. The van der Waals surface area contributed by atoms with Crippen molar-refractivity contribution in [3.8, 4) is 0 Å². The molecule has 0 bridgehead atoms. The maximum atomic E-state index is 12.4. The maximum absolute atomic E-state index is 12.4. The van der Waals surface area contributed by atoms with Gasteiger partial charge in [-0.2, -0.15) is 0 Å². The summed E-state index contributed by atoms with van der Waals surface area (Å²) >= 11 is 0. The second kappa shape index (κ2) is 6.55. The molecule has 0 unspecified atom stereocenters. The van der Waals surface area contributed by atoms with E-state index in [1.165, 1.54) is 5.56 Å². The fourth-order valence-corrected chi connectivity index (χ4v) is 2.27. The molecule has 3 heteroatoms. The van der Waals surface area contributed by atoms with E-state index in [-0.39, 0.29) is 5.91 Å². The number of carbonyl (C=O) groups excluding carboxylic acids is 1. The third-order valence-electron chi connectivity index (χ3n) is 3.40. The first kappa shape index (κ1) is 13.1. The van der Waals surface area contributed by atoms with Crippen molar-refractivity contribution >= 4 is 5.91 Å². The van der Waals surface area contributed by atoms with Gasteiger partial charge in [-0.25, -0.2) is 0 Å². The lowest BCUT2D eigenvalue weighted by Gasteiger charge is -2.22. The van der Waals surface area contributed by atoms with Gasteiger partial charge in [-0.15, -0.1) is 0 Å². The van der Waals surface area contributed by atoms with Gasteiger partial charge in [0.25, 0.3) is 5.91 Å². The molecule has 3 nitrogen and oxygen atoms in total. The average molecular weight is 246 g/mol. The second-order valence-corrected chi connectivity index (χ2v) is 4.97. The number of hydrogen-bond acceptors (Lipinski definition) is 2. The highest BCUT2D eigenvalue weighted by atomic mass is 16.2. The van der Waals surface area contributed by atoms with Crippen molar-refractivity contribution in [3.63, 3.8) is 0 Å². The Kier molecular flexibility index (Phi) is 4.76. The summed E-state index contributed by atoms with van der Waals surface area (Å²) in [7, 11) is 0. The molecule has 0 radical (unpaired) electrons. The number of rotatable bonds is 1. The molecule has 0 aromatic heterocycles. The van der Waals surface area contributed by atoms with Crippen LogP contribution in [0.15, 0.2) is 24.3 Å². The molecule has 1 amide bonds. The molecule has 1 aliphatic heterocycles. The standard InChI is InChI=1S/C15H22N2O/c1-13-5-7-14(8-6-13)15(18)17-11-3-2-9-16-10-4-12-17/h5-8,16H,2-4,9-12H2,1H3. The topological polar surface area (TPSA) is 32.3 Å². The van der Waals surface area contributed by atoms with Crippen LogP contribution < -0.4 is 5.32 Å². The number of hydrogen-bond donors (Lipinski definition) is 1.